The van der Waals surface area contributed by atoms with Crippen LogP contribution < -0.4 is 5.32 Å². The fraction of sp³-hybridized carbons (Fsp3) is 1.00. The Balaban J connectivity index is 1.67. The van der Waals surface area contributed by atoms with Gasteiger partial charge in [-0.25, -0.2) is 0 Å². The monoisotopic (exact) mass is 223 g/mol. The van der Waals surface area contributed by atoms with Crippen molar-refractivity contribution in [3.63, 3.8) is 0 Å². The Morgan fingerprint density at radius 3 is 2.56 bits per heavy atom. The van der Waals surface area contributed by atoms with Gasteiger partial charge in [0.2, 0.25) is 0 Å². The van der Waals surface area contributed by atoms with Crippen LogP contribution in [0.15, 0.2) is 0 Å². The maximum absolute atomic E-state index is 6.47. The first-order chi connectivity index (χ1) is 7.59. The van der Waals surface area contributed by atoms with Crippen LogP contribution >= 0.6 is 0 Å². The van der Waals surface area contributed by atoms with Gasteiger partial charge in [0.15, 0.2) is 0 Å². The second-order valence-electron chi connectivity index (χ2n) is 6.92. The van der Waals surface area contributed by atoms with E-state index in [0.717, 1.165) is 6.54 Å². The Morgan fingerprint density at radius 1 is 1.06 bits per heavy atom. The molecule has 0 amide bonds. The number of ether oxygens (including phenoxy) is 1. The topological polar surface area (TPSA) is 21.3 Å². The summed E-state index contributed by atoms with van der Waals surface area (Å²) in [5.41, 5.74) is 0.738. The molecule has 3 aliphatic rings. The molecular weight excluding hydrogens is 198 g/mol. The SMILES string of the molecule is CC1(C)CCC2(CC1)CNC1CCCC1O2. The largest absolute Gasteiger partial charge is 0.369 e. The highest BCUT2D eigenvalue weighted by Gasteiger charge is 2.46. The van der Waals surface area contributed by atoms with Crippen molar-refractivity contribution in [2.24, 2.45) is 5.41 Å². The second-order valence-corrected chi connectivity index (χ2v) is 6.92. The highest BCUT2D eigenvalue weighted by atomic mass is 16.5. The summed E-state index contributed by atoms with van der Waals surface area (Å²) in [7, 11) is 0. The van der Waals surface area contributed by atoms with Gasteiger partial charge in [0.25, 0.3) is 0 Å². The van der Waals surface area contributed by atoms with Gasteiger partial charge >= 0.3 is 0 Å². The van der Waals surface area contributed by atoms with E-state index in [-0.39, 0.29) is 5.60 Å². The van der Waals surface area contributed by atoms with Crippen molar-refractivity contribution in [3.8, 4) is 0 Å². The summed E-state index contributed by atoms with van der Waals surface area (Å²) in [5, 5.41) is 3.74. The number of hydrogen-bond acceptors (Lipinski definition) is 2. The second kappa shape index (κ2) is 3.71. The van der Waals surface area contributed by atoms with E-state index in [2.05, 4.69) is 19.2 Å². The zero-order valence-corrected chi connectivity index (χ0v) is 10.7. The van der Waals surface area contributed by atoms with Gasteiger partial charge in [-0.05, 0) is 50.4 Å². The number of rotatable bonds is 0. The van der Waals surface area contributed by atoms with Crippen molar-refractivity contribution >= 4 is 0 Å². The van der Waals surface area contributed by atoms with E-state index in [9.17, 15) is 0 Å². The van der Waals surface area contributed by atoms with Crippen LogP contribution in [0.4, 0.5) is 0 Å². The molecule has 3 fully saturated rings. The number of hydrogen-bond donors (Lipinski definition) is 1. The maximum atomic E-state index is 6.47. The Kier molecular flexibility index (Phi) is 2.56. The molecule has 2 unspecified atom stereocenters. The Hall–Kier alpha value is -0.0800. The molecule has 1 spiro atoms. The fourth-order valence-corrected chi connectivity index (χ4v) is 3.66. The minimum Gasteiger partial charge on any atom is -0.369 e. The van der Waals surface area contributed by atoms with Crippen molar-refractivity contribution in [3.05, 3.63) is 0 Å². The summed E-state index contributed by atoms with van der Waals surface area (Å²) >= 11 is 0. The van der Waals surface area contributed by atoms with Gasteiger partial charge in [-0.1, -0.05) is 13.8 Å². The van der Waals surface area contributed by atoms with E-state index < -0.39 is 0 Å². The van der Waals surface area contributed by atoms with E-state index in [1.54, 1.807) is 0 Å². The van der Waals surface area contributed by atoms with Crippen molar-refractivity contribution in [1.29, 1.82) is 0 Å². The summed E-state index contributed by atoms with van der Waals surface area (Å²) in [6, 6.07) is 0.667. The van der Waals surface area contributed by atoms with Crippen LogP contribution in [0.5, 0.6) is 0 Å². The van der Waals surface area contributed by atoms with Crippen molar-refractivity contribution in [2.45, 2.75) is 76.5 Å². The third-order valence-corrected chi connectivity index (χ3v) is 5.06. The molecule has 1 saturated heterocycles. The van der Waals surface area contributed by atoms with Crippen LogP contribution in [0.1, 0.15) is 58.8 Å². The van der Waals surface area contributed by atoms with Gasteiger partial charge in [0, 0.05) is 12.6 Å². The first-order valence-electron chi connectivity index (χ1n) is 7.00. The molecule has 0 bridgehead atoms. The highest BCUT2D eigenvalue weighted by molar-refractivity contribution is 5.00. The van der Waals surface area contributed by atoms with Crippen LogP contribution in [-0.4, -0.2) is 24.3 Å². The molecule has 2 nitrogen and oxygen atoms in total. The Bertz CT molecular complexity index is 264. The van der Waals surface area contributed by atoms with Gasteiger partial charge in [0.05, 0.1) is 11.7 Å². The number of fused-ring (bicyclic) bond motifs is 1. The van der Waals surface area contributed by atoms with Crippen LogP contribution in [0, 0.1) is 5.41 Å². The van der Waals surface area contributed by atoms with Gasteiger partial charge in [-0.15, -0.1) is 0 Å². The van der Waals surface area contributed by atoms with E-state index in [1.807, 2.05) is 0 Å². The molecule has 1 aliphatic heterocycles. The molecule has 1 N–H and O–H groups in total. The first kappa shape index (κ1) is 11.0. The summed E-state index contributed by atoms with van der Waals surface area (Å²) in [6.45, 7) is 5.90. The third-order valence-electron chi connectivity index (χ3n) is 5.06. The van der Waals surface area contributed by atoms with E-state index in [0.29, 0.717) is 17.6 Å². The van der Waals surface area contributed by atoms with Crippen LogP contribution in [0.3, 0.4) is 0 Å². The van der Waals surface area contributed by atoms with Gasteiger partial charge in [-0.2, -0.15) is 0 Å². The predicted octanol–water partition coefficient (Wildman–Crippen LogP) is 2.87. The highest BCUT2D eigenvalue weighted by Crippen LogP contribution is 2.45. The molecule has 2 heteroatoms. The lowest BCUT2D eigenvalue weighted by Crippen LogP contribution is -2.58. The average Bonchev–Trinajstić information content (AvgIpc) is 2.70. The molecular formula is C14H25NO. The van der Waals surface area contributed by atoms with Crippen LogP contribution in [-0.2, 0) is 4.74 Å². The van der Waals surface area contributed by atoms with Gasteiger partial charge in [0.1, 0.15) is 0 Å². The third kappa shape index (κ3) is 1.91. The van der Waals surface area contributed by atoms with Crippen LogP contribution in [0.2, 0.25) is 0 Å². The van der Waals surface area contributed by atoms with E-state index in [1.165, 1.54) is 44.9 Å². The molecule has 16 heavy (non-hydrogen) atoms. The number of morpholine rings is 1. The lowest BCUT2D eigenvalue weighted by Gasteiger charge is -2.49. The molecule has 2 aliphatic carbocycles. The van der Waals surface area contributed by atoms with E-state index >= 15 is 0 Å². The Labute approximate surface area is 99.1 Å². The molecule has 2 atom stereocenters. The van der Waals surface area contributed by atoms with Crippen molar-refractivity contribution < 1.29 is 4.74 Å². The molecule has 1 heterocycles. The molecule has 3 rings (SSSR count). The number of nitrogens with one attached hydrogen (secondary N) is 1. The lowest BCUT2D eigenvalue weighted by atomic mass is 9.70. The Morgan fingerprint density at radius 2 is 1.81 bits per heavy atom. The average molecular weight is 223 g/mol. The van der Waals surface area contributed by atoms with Crippen LogP contribution in [0.25, 0.3) is 0 Å². The standard InChI is InChI=1S/C14H25NO/c1-13(2)6-8-14(9-7-13)10-15-11-4-3-5-12(11)16-14/h11-12,15H,3-10H2,1-2H3. The minimum absolute atomic E-state index is 0.195. The molecule has 0 aromatic rings. The fourth-order valence-electron chi connectivity index (χ4n) is 3.66. The van der Waals surface area contributed by atoms with Gasteiger partial charge in [-0.3, -0.25) is 0 Å². The summed E-state index contributed by atoms with van der Waals surface area (Å²) in [6.07, 6.45) is 9.65. The molecule has 0 aromatic heterocycles. The minimum atomic E-state index is 0.195. The quantitative estimate of drug-likeness (QED) is 0.682. The van der Waals surface area contributed by atoms with Crippen molar-refractivity contribution in [2.75, 3.05) is 6.54 Å². The van der Waals surface area contributed by atoms with E-state index in [4.69, 9.17) is 4.74 Å². The maximum Gasteiger partial charge on any atom is 0.0811 e. The summed E-state index contributed by atoms with van der Waals surface area (Å²) in [4.78, 5) is 0. The zero-order valence-electron chi connectivity index (χ0n) is 10.7. The van der Waals surface area contributed by atoms with Crippen molar-refractivity contribution in [1.82, 2.24) is 5.32 Å². The molecule has 0 aromatic carbocycles. The normalized spacial score (nSPS) is 40.9. The van der Waals surface area contributed by atoms with Gasteiger partial charge < -0.3 is 10.1 Å². The molecule has 0 radical (unpaired) electrons. The smallest absolute Gasteiger partial charge is 0.0811 e. The first-order valence-corrected chi connectivity index (χ1v) is 7.00. The predicted molar refractivity (Wildman–Crippen MR) is 65.5 cm³/mol. The summed E-state index contributed by atoms with van der Waals surface area (Å²) in [5.74, 6) is 0. The molecule has 2 saturated carbocycles. The summed E-state index contributed by atoms with van der Waals surface area (Å²) < 4.78 is 6.47. The lowest BCUT2D eigenvalue weighted by molar-refractivity contribution is -0.153. The molecule has 92 valence electrons. The zero-order chi connectivity index (χ0) is 11.2.